The van der Waals surface area contributed by atoms with Crippen LogP contribution in [0.25, 0.3) is 0 Å². The second kappa shape index (κ2) is 13.5. The molecule has 9 heteroatoms. The Kier molecular flexibility index (Phi) is 10.3. The second-order valence-corrected chi connectivity index (χ2v) is 12.6. The van der Waals surface area contributed by atoms with Crippen molar-refractivity contribution in [2.24, 2.45) is 5.41 Å². The van der Waals surface area contributed by atoms with Crippen LogP contribution in [-0.4, -0.2) is 72.8 Å². The van der Waals surface area contributed by atoms with E-state index in [0.29, 0.717) is 51.7 Å². The third-order valence-electron chi connectivity index (χ3n) is 8.90. The molecule has 1 saturated heterocycles. The van der Waals surface area contributed by atoms with Gasteiger partial charge in [0, 0.05) is 18.0 Å². The number of hydrogen-bond donors (Lipinski definition) is 4. The van der Waals surface area contributed by atoms with E-state index in [-0.39, 0.29) is 29.7 Å². The van der Waals surface area contributed by atoms with E-state index >= 15 is 0 Å². The minimum absolute atomic E-state index is 0.0250. The predicted octanol–water partition coefficient (Wildman–Crippen LogP) is 2.99. The van der Waals surface area contributed by atoms with E-state index in [1.165, 1.54) is 5.57 Å². The van der Waals surface area contributed by atoms with Crippen LogP contribution in [0.5, 0.6) is 5.75 Å². The Morgan fingerprint density at radius 2 is 1.76 bits per heavy atom. The van der Waals surface area contributed by atoms with Crippen LogP contribution in [0, 0.1) is 5.41 Å². The Morgan fingerprint density at radius 1 is 1.07 bits per heavy atom. The van der Waals surface area contributed by atoms with E-state index in [9.17, 15) is 19.5 Å². The molecule has 4 rings (SSSR count). The SMILES string of the molecule is COc1ccc(C[C@H](NC[C@@H](C)NC(=O)[C@]2(C)CC[C@@H](O)CC2)C(=O)N[C@@H](CC2=CCCC2)C(=O)[C@@]2(C)CO2)cc1. The van der Waals surface area contributed by atoms with Gasteiger partial charge in [0.05, 0.1) is 31.9 Å². The quantitative estimate of drug-likeness (QED) is 0.200. The van der Waals surface area contributed by atoms with Crippen LogP contribution in [0.15, 0.2) is 35.9 Å². The van der Waals surface area contributed by atoms with Gasteiger partial charge in [0.1, 0.15) is 11.4 Å². The monoisotopic (exact) mass is 569 g/mol. The molecular weight excluding hydrogens is 522 g/mol. The Morgan fingerprint density at radius 3 is 2.34 bits per heavy atom. The molecule has 0 aromatic heterocycles. The molecular formula is C32H47N3O6. The summed E-state index contributed by atoms with van der Waals surface area (Å²) in [6.45, 7) is 6.40. The van der Waals surface area contributed by atoms with Gasteiger partial charge in [0.25, 0.3) is 0 Å². The number of allylic oxidation sites excluding steroid dienone is 1. The molecule has 1 aliphatic heterocycles. The van der Waals surface area contributed by atoms with E-state index in [1.807, 2.05) is 38.1 Å². The number of aliphatic hydroxyl groups is 1. The summed E-state index contributed by atoms with van der Waals surface area (Å²) in [7, 11) is 1.61. The van der Waals surface area contributed by atoms with Crippen molar-refractivity contribution in [2.45, 2.75) is 108 Å². The van der Waals surface area contributed by atoms with Gasteiger partial charge in [-0.2, -0.15) is 0 Å². The van der Waals surface area contributed by atoms with E-state index in [2.05, 4.69) is 22.0 Å². The highest BCUT2D eigenvalue weighted by molar-refractivity contribution is 5.97. The molecule has 2 amide bonds. The number of Topliss-reactive ketones (excluding diaryl/α,β-unsaturated/α-hetero) is 1. The molecule has 1 aromatic carbocycles. The molecule has 0 bridgehead atoms. The van der Waals surface area contributed by atoms with E-state index in [0.717, 1.165) is 30.6 Å². The van der Waals surface area contributed by atoms with E-state index in [4.69, 9.17) is 9.47 Å². The van der Waals surface area contributed by atoms with Gasteiger partial charge in [0.2, 0.25) is 11.8 Å². The standard InChI is InChI=1S/C32H47N3O6/c1-21(34-30(39)31(2)15-13-24(36)14-16-31)19-33-27(18-23-9-11-25(40-4)12-10-23)29(38)35-26(17-22-7-5-6-8-22)28(37)32(3)20-41-32/h7,9-12,21,24,26-27,33,36H,5-6,8,13-20H2,1-4H3,(H,34,39)(H,35,38)/t21-,24-,26+,27+,31-,32-/m1/s1. The van der Waals surface area contributed by atoms with Crippen molar-refractivity contribution in [1.29, 1.82) is 0 Å². The summed E-state index contributed by atoms with van der Waals surface area (Å²) < 4.78 is 10.7. The smallest absolute Gasteiger partial charge is 0.238 e. The number of carbonyl (C=O) groups excluding carboxylic acids is 3. The average molecular weight is 570 g/mol. The summed E-state index contributed by atoms with van der Waals surface area (Å²) >= 11 is 0. The third kappa shape index (κ3) is 8.40. The molecule has 0 spiro atoms. The molecule has 1 saturated carbocycles. The number of ketones is 1. The number of epoxide rings is 1. The van der Waals surface area contributed by atoms with Crippen molar-refractivity contribution in [2.75, 3.05) is 20.3 Å². The van der Waals surface area contributed by atoms with Crippen molar-refractivity contribution >= 4 is 17.6 Å². The van der Waals surface area contributed by atoms with Gasteiger partial charge in [-0.25, -0.2) is 0 Å². The number of benzene rings is 1. The van der Waals surface area contributed by atoms with Gasteiger partial charge in [-0.15, -0.1) is 0 Å². The van der Waals surface area contributed by atoms with Crippen LogP contribution >= 0.6 is 0 Å². The summed E-state index contributed by atoms with van der Waals surface area (Å²) in [5, 5.41) is 19.4. The number of carbonyl (C=O) groups is 3. The number of rotatable bonds is 14. The van der Waals surface area contributed by atoms with Crippen molar-refractivity contribution in [3.05, 3.63) is 41.5 Å². The minimum atomic E-state index is -0.833. The number of amides is 2. The first kappa shape index (κ1) is 31.2. The largest absolute Gasteiger partial charge is 0.497 e. The van der Waals surface area contributed by atoms with Crippen molar-refractivity contribution in [3.63, 3.8) is 0 Å². The Balaban J connectivity index is 1.43. The number of hydrogen-bond acceptors (Lipinski definition) is 7. The zero-order valence-corrected chi connectivity index (χ0v) is 25.0. The molecule has 226 valence electrons. The third-order valence-corrected chi connectivity index (χ3v) is 8.90. The topological polar surface area (TPSA) is 129 Å². The molecule has 1 aromatic rings. The maximum atomic E-state index is 13.7. The lowest BCUT2D eigenvalue weighted by Gasteiger charge is -2.35. The summed E-state index contributed by atoms with van der Waals surface area (Å²) in [5.74, 6) is 0.362. The first-order valence-corrected chi connectivity index (χ1v) is 15.0. The Hall–Kier alpha value is -2.75. The lowest BCUT2D eigenvalue weighted by molar-refractivity contribution is -0.133. The normalized spacial score (nSPS) is 27.7. The van der Waals surface area contributed by atoms with Crippen molar-refractivity contribution < 1.29 is 29.0 Å². The lowest BCUT2D eigenvalue weighted by Crippen LogP contribution is -2.55. The van der Waals surface area contributed by atoms with Crippen LogP contribution < -0.4 is 20.7 Å². The summed E-state index contributed by atoms with van der Waals surface area (Å²) in [4.78, 5) is 40.2. The molecule has 9 nitrogen and oxygen atoms in total. The van der Waals surface area contributed by atoms with Gasteiger partial charge in [0.15, 0.2) is 5.78 Å². The molecule has 0 radical (unpaired) electrons. The fourth-order valence-electron chi connectivity index (χ4n) is 5.78. The fraction of sp³-hybridized carbons (Fsp3) is 0.656. The number of methoxy groups -OCH3 is 1. The minimum Gasteiger partial charge on any atom is -0.497 e. The van der Waals surface area contributed by atoms with Crippen LogP contribution in [0.2, 0.25) is 0 Å². The van der Waals surface area contributed by atoms with Gasteiger partial charge in [-0.1, -0.05) is 30.7 Å². The Bertz CT molecular complexity index is 1100. The molecule has 0 unspecified atom stereocenters. The highest BCUT2D eigenvalue weighted by atomic mass is 16.6. The Labute approximate surface area is 243 Å². The second-order valence-electron chi connectivity index (χ2n) is 12.6. The number of aliphatic hydroxyl groups excluding tert-OH is 1. The first-order chi connectivity index (χ1) is 19.5. The maximum Gasteiger partial charge on any atom is 0.238 e. The summed E-state index contributed by atoms with van der Waals surface area (Å²) in [6.07, 6.45) is 8.32. The van der Waals surface area contributed by atoms with Crippen LogP contribution in [0.4, 0.5) is 0 Å². The summed E-state index contributed by atoms with van der Waals surface area (Å²) in [5.41, 5.74) is 0.812. The molecule has 2 fully saturated rings. The highest BCUT2D eigenvalue weighted by Gasteiger charge is 2.50. The molecule has 1 heterocycles. The fourth-order valence-corrected chi connectivity index (χ4v) is 5.78. The molecule has 41 heavy (non-hydrogen) atoms. The van der Waals surface area contributed by atoms with Crippen molar-refractivity contribution in [1.82, 2.24) is 16.0 Å². The number of ether oxygens (including phenoxy) is 2. The van der Waals surface area contributed by atoms with Gasteiger partial charge >= 0.3 is 0 Å². The number of nitrogens with one attached hydrogen (secondary N) is 3. The average Bonchev–Trinajstić information content (AvgIpc) is 3.50. The highest BCUT2D eigenvalue weighted by Crippen LogP contribution is 2.36. The van der Waals surface area contributed by atoms with E-state index < -0.39 is 23.1 Å². The molecule has 4 N–H and O–H groups in total. The molecule has 4 atom stereocenters. The van der Waals surface area contributed by atoms with Crippen LogP contribution in [0.3, 0.4) is 0 Å². The van der Waals surface area contributed by atoms with Crippen LogP contribution in [-0.2, 0) is 25.5 Å². The zero-order chi connectivity index (χ0) is 29.6. The van der Waals surface area contributed by atoms with Gasteiger partial charge in [-0.3, -0.25) is 14.4 Å². The van der Waals surface area contributed by atoms with Crippen LogP contribution in [0.1, 0.15) is 77.7 Å². The first-order valence-electron chi connectivity index (χ1n) is 15.0. The molecule has 3 aliphatic rings. The van der Waals surface area contributed by atoms with E-state index in [1.54, 1.807) is 14.0 Å². The molecule has 2 aliphatic carbocycles. The zero-order valence-electron chi connectivity index (χ0n) is 25.0. The summed E-state index contributed by atoms with van der Waals surface area (Å²) in [6, 6.07) is 6.07. The lowest BCUT2D eigenvalue weighted by atomic mass is 9.74. The maximum absolute atomic E-state index is 13.7. The van der Waals surface area contributed by atoms with Gasteiger partial charge < -0.3 is 30.5 Å². The van der Waals surface area contributed by atoms with Crippen molar-refractivity contribution in [3.8, 4) is 5.75 Å². The van der Waals surface area contributed by atoms with Gasteiger partial charge in [-0.05, 0) is 89.3 Å². The predicted molar refractivity (Wildman–Crippen MR) is 157 cm³/mol.